The van der Waals surface area contributed by atoms with Crippen LogP contribution in [-0.2, 0) is 0 Å². The summed E-state index contributed by atoms with van der Waals surface area (Å²) in [6.45, 7) is 2.73. The zero-order valence-electron chi connectivity index (χ0n) is 6.06. The Morgan fingerprint density at radius 3 is 2.56 bits per heavy atom. The normalized spacial score (nSPS) is 12.0. The molecule has 0 radical (unpaired) electrons. The number of unbranched alkanes of at least 4 members (excludes halogenated alkanes) is 1. The highest BCUT2D eigenvalue weighted by Gasteiger charge is 1.87. The molecule has 0 aromatic heterocycles. The van der Waals surface area contributed by atoms with E-state index < -0.39 is 0 Å². The fourth-order valence-electron chi connectivity index (χ4n) is 0.618. The van der Waals surface area contributed by atoms with Crippen LogP contribution in [0.3, 0.4) is 0 Å². The van der Waals surface area contributed by atoms with Crippen LogP contribution in [0, 0.1) is 0 Å². The molecule has 0 aliphatic carbocycles. The lowest BCUT2D eigenvalue weighted by Gasteiger charge is -1.97. The number of allylic oxidation sites excluding steroid dienone is 2. The summed E-state index contributed by atoms with van der Waals surface area (Å²) >= 11 is 0. The molecule has 2 heteroatoms. The summed E-state index contributed by atoms with van der Waals surface area (Å²) in [5.41, 5.74) is 11.8. The molecule has 4 N–H and O–H groups in total. The fraction of sp³-hybridized carbons (Fsp3) is 0.714. The quantitative estimate of drug-likeness (QED) is 0.554. The van der Waals surface area contributed by atoms with Crippen molar-refractivity contribution < 1.29 is 0 Å². The molecule has 0 aromatic rings. The van der Waals surface area contributed by atoms with Crippen LogP contribution < -0.4 is 11.5 Å². The minimum Gasteiger partial charge on any atom is -0.402 e. The lowest BCUT2D eigenvalue weighted by Crippen LogP contribution is -2.01. The highest BCUT2D eigenvalue weighted by molar-refractivity contribution is 4.92. The first-order chi connectivity index (χ1) is 4.31. The second-order valence-corrected chi connectivity index (χ2v) is 2.11. The van der Waals surface area contributed by atoms with E-state index in [2.05, 4.69) is 0 Å². The molecular weight excluding hydrogens is 112 g/mol. The van der Waals surface area contributed by atoms with Crippen molar-refractivity contribution in [3.63, 3.8) is 0 Å². The molecule has 0 rings (SSSR count). The van der Waals surface area contributed by atoms with Crippen LogP contribution in [0.15, 0.2) is 11.8 Å². The van der Waals surface area contributed by atoms with E-state index in [4.69, 9.17) is 11.5 Å². The van der Waals surface area contributed by atoms with Gasteiger partial charge in [0.2, 0.25) is 0 Å². The molecule has 54 valence electrons. The third kappa shape index (κ3) is 5.37. The van der Waals surface area contributed by atoms with E-state index >= 15 is 0 Å². The Bertz CT molecular complexity index is 86.9. The highest BCUT2D eigenvalue weighted by Crippen LogP contribution is 1.99. The van der Waals surface area contributed by atoms with Gasteiger partial charge in [0.15, 0.2) is 0 Å². The van der Waals surface area contributed by atoms with Gasteiger partial charge in [0.1, 0.15) is 0 Å². The van der Waals surface area contributed by atoms with Crippen molar-refractivity contribution >= 4 is 0 Å². The third-order valence-electron chi connectivity index (χ3n) is 1.29. The number of hydrogen-bond acceptors (Lipinski definition) is 2. The summed E-state index contributed by atoms with van der Waals surface area (Å²) in [6.07, 6.45) is 5.13. The zero-order chi connectivity index (χ0) is 7.11. The van der Waals surface area contributed by atoms with Gasteiger partial charge in [-0.25, -0.2) is 0 Å². The molecular formula is C7H16N2. The van der Waals surface area contributed by atoms with Crippen molar-refractivity contribution in [2.75, 3.05) is 6.54 Å². The van der Waals surface area contributed by atoms with Gasteiger partial charge in [-0.1, -0.05) is 6.08 Å². The average molecular weight is 128 g/mol. The highest BCUT2D eigenvalue weighted by atomic mass is 14.6. The van der Waals surface area contributed by atoms with E-state index in [1.807, 2.05) is 13.0 Å². The van der Waals surface area contributed by atoms with E-state index in [1.165, 1.54) is 0 Å². The van der Waals surface area contributed by atoms with E-state index in [-0.39, 0.29) is 0 Å². The van der Waals surface area contributed by atoms with Crippen molar-refractivity contribution in [3.05, 3.63) is 11.8 Å². The van der Waals surface area contributed by atoms with Crippen molar-refractivity contribution in [3.8, 4) is 0 Å². The van der Waals surface area contributed by atoms with Crippen molar-refractivity contribution in [1.82, 2.24) is 0 Å². The maximum Gasteiger partial charge on any atom is 0.00371 e. The minimum absolute atomic E-state index is 0.775. The van der Waals surface area contributed by atoms with Gasteiger partial charge in [-0.2, -0.15) is 0 Å². The van der Waals surface area contributed by atoms with Gasteiger partial charge in [-0.3, -0.25) is 0 Å². The number of rotatable bonds is 4. The van der Waals surface area contributed by atoms with E-state index in [9.17, 15) is 0 Å². The van der Waals surface area contributed by atoms with Gasteiger partial charge >= 0.3 is 0 Å². The second kappa shape index (κ2) is 5.63. The molecule has 0 fully saturated rings. The Labute approximate surface area is 56.9 Å². The Balaban J connectivity index is 3.07. The Hall–Kier alpha value is -0.500. The molecule has 0 spiro atoms. The smallest absolute Gasteiger partial charge is 0.00371 e. The standard InChI is InChI=1S/C7H16N2/c1-2-7(9)5-3-4-6-8/h2H,3-6,8-9H2,1H3/b7-2-. The van der Waals surface area contributed by atoms with Crippen molar-refractivity contribution in [1.29, 1.82) is 0 Å². The number of hydrogen-bond donors (Lipinski definition) is 2. The first-order valence-electron chi connectivity index (χ1n) is 3.42. The zero-order valence-corrected chi connectivity index (χ0v) is 6.06. The molecule has 0 aliphatic heterocycles. The third-order valence-corrected chi connectivity index (χ3v) is 1.29. The van der Waals surface area contributed by atoms with Crippen molar-refractivity contribution in [2.24, 2.45) is 11.5 Å². The van der Waals surface area contributed by atoms with Gasteiger partial charge in [-0.15, -0.1) is 0 Å². The largest absolute Gasteiger partial charge is 0.402 e. The average Bonchev–Trinajstić information content (AvgIpc) is 1.89. The summed E-state index contributed by atoms with van der Waals surface area (Å²) in [4.78, 5) is 0. The van der Waals surface area contributed by atoms with Crippen LogP contribution in [0.4, 0.5) is 0 Å². The predicted molar refractivity (Wildman–Crippen MR) is 40.8 cm³/mol. The van der Waals surface area contributed by atoms with Crippen LogP contribution in [-0.4, -0.2) is 6.54 Å². The van der Waals surface area contributed by atoms with Gasteiger partial charge < -0.3 is 11.5 Å². The molecule has 0 aliphatic rings. The Morgan fingerprint density at radius 1 is 1.44 bits per heavy atom. The first-order valence-corrected chi connectivity index (χ1v) is 3.42. The molecule has 0 saturated heterocycles. The van der Waals surface area contributed by atoms with E-state index in [0.717, 1.165) is 31.5 Å². The lowest BCUT2D eigenvalue weighted by molar-refractivity contribution is 0.735. The molecule has 0 atom stereocenters. The van der Waals surface area contributed by atoms with E-state index in [1.54, 1.807) is 0 Å². The van der Waals surface area contributed by atoms with Crippen LogP contribution in [0.5, 0.6) is 0 Å². The van der Waals surface area contributed by atoms with Crippen LogP contribution >= 0.6 is 0 Å². The van der Waals surface area contributed by atoms with Crippen LogP contribution in [0.1, 0.15) is 26.2 Å². The summed E-state index contributed by atoms with van der Waals surface area (Å²) in [5.74, 6) is 0. The van der Waals surface area contributed by atoms with Gasteiger partial charge in [0.05, 0.1) is 0 Å². The summed E-state index contributed by atoms with van der Waals surface area (Å²) in [6, 6.07) is 0. The Morgan fingerprint density at radius 2 is 2.11 bits per heavy atom. The topological polar surface area (TPSA) is 52.0 Å². The molecule has 0 saturated carbocycles. The summed E-state index contributed by atoms with van der Waals surface area (Å²) in [5, 5.41) is 0. The fourth-order valence-corrected chi connectivity index (χ4v) is 0.618. The Kier molecular flexibility index (Phi) is 5.32. The SMILES string of the molecule is C/C=C(\N)CCCCN. The molecule has 0 unspecified atom stereocenters. The molecule has 0 aromatic carbocycles. The maximum absolute atomic E-state index is 5.53. The molecule has 9 heavy (non-hydrogen) atoms. The van der Waals surface area contributed by atoms with Gasteiger partial charge in [0, 0.05) is 5.70 Å². The van der Waals surface area contributed by atoms with Gasteiger partial charge in [-0.05, 0) is 32.7 Å². The van der Waals surface area contributed by atoms with E-state index in [0.29, 0.717) is 0 Å². The first kappa shape index (κ1) is 8.50. The van der Waals surface area contributed by atoms with Crippen LogP contribution in [0.2, 0.25) is 0 Å². The monoisotopic (exact) mass is 128 g/mol. The van der Waals surface area contributed by atoms with Crippen molar-refractivity contribution in [2.45, 2.75) is 26.2 Å². The molecule has 2 nitrogen and oxygen atoms in total. The lowest BCUT2D eigenvalue weighted by atomic mass is 10.2. The summed E-state index contributed by atoms with van der Waals surface area (Å²) < 4.78 is 0. The summed E-state index contributed by atoms with van der Waals surface area (Å²) in [7, 11) is 0. The maximum atomic E-state index is 5.53. The van der Waals surface area contributed by atoms with Crippen LogP contribution in [0.25, 0.3) is 0 Å². The van der Waals surface area contributed by atoms with Gasteiger partial charge in [0.25, 0.3) is 0 Å². The molecule has 0 heterocycles. The minimum atomic E-state index is 0.775. The molecule has 0 amide bonds. The second-order valence-electron chi connectivity index (χ2n) is 2.11. The predicted octanol–water partition coefficient (Wildman–Crippen LogP) is 0.978. The molecule has 0 bridgehead atoms. The number of nitrogens with two attached hydrogens (primary N) is 2.